The molecule has 21 heavy (non-hydrogen) atoms. The molecule has 2 nitrogen and oxygen atoms in total. The third-order valence-electron chi connectivity index (χ3n) is 5.22. The first-order valence-electron chi connectivity index (χ1n) is 8.33. The third-order valence-corrected chi connectivity index (χ3v) is 5.22. The summed E-state index contributed by atoms with van der Waals surface area (Å²) >= 11 is 0. The fourth-order valence-electron chi connectivity index (χ4n) is 4.04. The highest BCUT2D eigenvalue weighted by Crippen LogP contribution is 2.39. The average molecular weight is 282 g/mol. The van der Waals surface area contributed by atoms with Crippen LogP contribution in [0.3, 0.4) is 0 Å². The summed E-state index contributed by atoms with van der Waals surface area (Å²) < 4.78 is 0. The summed E-state index contributed by atoms with van der Waals surface area (Å²) in [6.45, 7) is 2.33. The third kappa shape index (κ3) is 2.96. The van der Waals surface area contributed by atoms with E-state index in [-0.39, 0.29) is 0 Å². The number of benzene rings is 1. The SMILES string of the molecule is CCC1CCCC(C(NC)c2cncc3ccccc23)C1. The second-order valence-corrected chi connectivity index (χ2v) is 6.42. The molecule has 1 aromatic heterocycles. The van der Waals surface area contributed by atoms with E-state index in [9.17, 15) is 0 Å². The van der Waals surface area contributed by atoms with Crippen molar-refractivity contribution in [2.75, 3.05) is 7.05 Å². The summed E-state index contributed by atoms with van der Waals surface area (Å²) in [5.41, 5.74) is 1.37. The van der Waals surface area contributed by atoms with Gasteiger partial charge in [-0.15, -0.1) is 0 Å². The molecule has 1 aliphatic carbocycles. The summed E-state index contributed by atoms with van der Waals surface area (Å²) in [6.07, 6.45) is 10.8. The second kappa shape index (κ2) is 6.57. The quantitative estimate of drug-likeness (QED) is 0.878. The van der Waals surface area contributed by atoms with E-state index in [1.165, 1.54) is 48.4 Å². The molecule has 0 aliphatic heterocycles. The second-order valence-electron chi connectivity index (χ2n) is 6.42. The molecule has 2 aromatic rings. The lowest BCUT2D eigenvalue weighted by atomic mass is 9.75. The Morgan fingerprint density at radius 2 is 2.10 bits per heavy atom. The Morgan fingerprint density at radius 3 is 2.90 bits per heavy atom. The standard InChI is InChI=1S/C19H26N2/c1-3-14-7-6-9-15(11-14)19(20-2)18-13-21-12-16-8-4-5-10-17(16)18/h4-5,8,10,12-15,19-20H,3,6-7,9,11H2,1-2H3. The number of hydrogen-bond acceptors (Lipinski definition) is 2. The molecular formula is C19H26N2. The summed E-state index contributed by atoms with van der Waals surface area (Å²) in [4.78, 5) is 4.48. The van der Waals surface area contributed by atoms with Crippen LogP contribution in [0.5, 0.6) is 0 Å². The van der Waals surface area contributed by atoms with E-state index in [1.54, 1.807) is 0 Å². The van der Waals surface area contributed by atoms with E-state index >= 15 is 0 Å². The van der Waals surface area contributed by atoms with Gasteiger partial charge in [-0.3, -0.25) is 4.98 Å². The van der Waals surface area contributed by atoms with Gasteiger partial charge < -0.3 is 5.32 Å². The van der Waals surface area contributed by atoms with Crippen molar-refractivity contribution in [3.63, 3.8) is 0 Å². The molecule has 1 fully saturated rings. The van der Waals surface area contributed by atoms with Gasteiger partial charge in [0.2, 0.25) is 0 Å². The van der Waals surface area contributed by atoms with E-state index in [4.69, 9.17) is 0 Å². The van der Waals surface area contributed by atoms with E-state index in [1.807, 2.05) is 6.20 Å². The van der Waals surface area contributed by atoms with Crippen molar-refractivity contribution < 1.29 is 0 Å². The summed E-state index contributed by atoms with van der Waals surface area (Å²) in [7, 11) is 2.10. The lowest BCUT2D eigenvalue weighted by molar-refractivity contribution is 0.215. The smallest absolute Gasteiger partial charge is 0.0367 e. The van der Waals surface area contributed by atoms with Crippen LogP contribution in [0.25, 0.3) is 10.8 Å². The maximum absolute atomic E-state index is 4.48. The van der Waals surface area contributed by atoms with Crippen LogP contribution in [0.4, 0.5) is 0 Å². The molecule has 0 amide bonds. The lowest BCUT2D eigenvalue weighted by Crippen LogP contribution is -2.29. The first-order chi connectivity index (χ1) is 10.3. The van der Waals surface area contributed by atoms with Gasteiger partial charge in [-0.25, -0.2) is 0 Å². The van der Waals surface area contributed by atoms with Gasteiger partial charge in [0, 0.05) is 23.8 Å². The molecule has 1 saturated carbocycles. The van der Waals surface area contributed by atoms with Gasteiger partial charge in [-0.2, -0.15) is 0 Å². The van der Waals surface area contributed by atoms with Crippen molar-refractivity contribution in [2.45, 2.75) is 45.1 Å². The van der Waals surface area contributed by atoms with E-state index in [2.05, 4.69) is 54.7 Å². The highest BCUT2D eigenvalue weighted by Gasteiger charge is 2.28. The summed E-state index contributed by atoms with van der Waals surface area (Å²) in [5.74, 6) is 1.64. The van der Waals surface area contributed by atoms with Crippen molar-refractivity contribution in [2.24, 2.45) is 11.8 Å². The molecule has 1 heterocycles. The normalized spacial score (nSPS) is 24.1. The Labute approximate surface area is 128 Å². The van der Waals surface area contributed by atoms with Crippen molar-refractivity contribution in [1.82, 2.24) is 10.3 Å². The molecule has 2 heteroatoms. The topological polar surface area (TPSA) is 24.9 Å². The molecule has 3 unspecified atom stereocenters. The molecule has 1 aromatic carbocycles. The molecular weight excluding hydrogens is 256 g/mol. The van der Waals surface area contributed by atoms with Gasteiger partial charge in [0.1, 0.15) is 0 Å². The average Bonchev–Trinajstić information content (AvgIpc) is 2.56. The lowest BCUT2D eigenvalue weighted by Gasteiger charge is -2.34. The zero-order valence-corrected chi connectivity index (χ0v) is 13.2. The minimum absolute atomic E-state index is 0.429. The zero-order chi connectivity index (χ0) is 14.7. The largest absolute Gasteiger partial charge is 0.313 e. The van der Waals surface area contributed by atoms with Gasteiger partial charge in [-0.1, -0.05) is 50.5 Å². The number of rotatable bonds is 4. The van der Waals surface area contributed by atoms with Crippen LogP contribution in [0, 0.1) is 11.8 Å². The highest BCUT2D eigenvalue weighted by atomic mass is 14.9. The Hall–Kier alpha value is -1.41. The number of aromatic nitrogens is 1. The van der Waals surface area contributed by atoms with Crippen LogP contribution in [0.1, 0.15) is 50.6 Å². The Balaban J connectivity index is 1.94. The molecule has 1 aliphatic rings. The highest BCUT2D eigenvalue weighted by molar-refractivity contribution is 5.85. The zero-order valence-electron chi connectivity index (χ0n) is 13.2. The number of fused-ring (bicyclic) bond motifs is 1. The number of pyridine rings is 1. The molecule has 0 spiro atoms. The van der Waals surface area contributed by atoms with Crippen molar-refractivity contribution in [1.29, 1.82) is 0 Å². The first-order valence-corrected chi connectivity index (χ1v) is 8.33. The van der Waals surface area contributed by atoms with E-state index in [0.29, 0.717) is 6.04 Å². The van der Waals surface area contributed by atoms with Crippen molar-refractivity contribution in [3.05, 3.63) is 42.2 Å². The molecule has 1 N–H and O–H groups in total. The monoisotopic (exact) mass is 282 g/mol. The fraction of sp³-hybridized carbons (Fsp3) is 0.526. The Morgan fingerprint density at radius 1 is 1.24 bits per heavy atom. The molecule has 3 atom stereocenters. The van der Waals surface area contributed by atoms with Crippen LogP contribution in [-0.2, 0) is 0 Å². The number of nitrogens with one attached hydrogen (secondary N) is 1. The van der Waals surface area contributed by atoms with Gasteiger partial charge in [0.05, 0.1) is 0 Å². The maximum atomic E-state index is 4.48. The number of hydrogen-bond donors (Lipinski definition) is 1. The van der Waals surface area contributed by atoms with Crippen LogP contribution >= 0.6 is 0 Å². The van der Waals surface area contributed by atoms with Gasteiger partial charge in [0.15, 0.2) is 0 Å². The Bertz CT molecular complexity index is 588. The van der Waals surface area contributed by atoms with Crippen LogP contribution in [0.2, 0.25) is 0 Å². The molecule has 0 bridgehead atoms. The van der Waals surface area contributed by atoms with E-state index in [0.717, 1.165) is 11.8 Å². The predicted octanol–water partition coefficient (Wildman–Crippen LogP) is 4.71. The molecule has 112 valence electrons. The molecule has 0 radical (unpaired) electrons. The van der Waals surface area contributed by atoms with Crippen LogP contribution in [0.15, 0.2) is 36.7 Å². The summed E-state index contributed by atoms with van der Waals surface area (Å²) in [6, 6.07) is 9.05. The summed E-state index contributed by atoms with van der Waals surface area (Å²) in [5, 5.41) is 6.19. The molecule has 0 saturated heterocycles. The van der Waals surface area contributed by atoms with Crippen LogP contribution in [-0.4, -0.2) is 12.0 Å². The van der Waals surface area contributed by atoms with Gasteiger partial charge >= 0.3 is 0 Å². The predicted molar refractivity (Wildman–Crippen MR) is 89.3 cm³/mol. The van der Waals surface area contributed by atoms with E-state index < -0.39 is 0 Å². The first kappa shape index (κ1) is 14.5. The minimum atomic E-state index is 0.429. The van der Waals surface area contributed by atoms with Gasteiger partial charge in [0.25, 0.3) is 0 Å². The maximum Gasteiger partial charge on any atom is 0.0367 e. The number of nitrogens with zero attached hydrogens (tertiary/aromatic N) is 1. The van der Waals surface area contributed by atoms with Crippen molar-refractivity contribution >= 4 is 10.8 Å². The van der Waals surface area contributed by atoms with Crippen molar-refractivity contribution in [3.8, 4) is 0 Å². The Kier molecular flexibility index (Phi) is 4.54. The van der Waals surface area contributed by atoms with Gasteiger partial charge in [-0.05, 0) is 42.7 Å². The minimum Gasteiger partial charge on any atom is -0.313 e. The van der Waals surface area contributed by atoms with Crippen LogP contribution < -0.4 is 5.32 Å². The fourth-order valence-corrected chi connectivity index (χ4v) is 4.04. The molecule has 3 rings (SSSR count).